The van der Waals surface area contributed by atoms with Gasteiger partial charge in [-0.05, 0) is 12.0 Å². The third kappa shape index (κ3) is 4.02. The highest BCUT2D eigenvalue weighted by Crippen LogP contribution is 2.24. The van der Waals surface area contributed by atoms with Crippen LogP contribution in [0.15, 0.2) is 30.3 Å². The van der Waals surface area contributed by atoms with Gasteiger partial charge in [0, 0.05) is 6.54 Å². The van der Waals surface area contributed by atoms with Crippen LogP contribution < -0.4 is 0 Å². The first kappa shape index (κ1) is 15.4. The maximum Gasteiger partial charge on any atom is 0.264 e. The van der Waals surface area contributed by atoms with Gasteiger partial charge in [0.2, 0.25) is 10.0 Å². The van der Waals surface area contributed by atoms with E-state index >= 15 is 0 Å². The Bertz CT molecular complexity index is 654. The van der Waals surface area contributed by atoms with Crippen molar-refractivity contribution in [3.8, 4) is 0 Å². The average molecular weight is 319 g/mol. The Hall–Kier alpha value is -0.960. The van der Waals surface area contributed by atoms with Gasteiger partial charge in [0.15, 0.2) is 0 Å². The summed E-state index contributed by atoms with van der Waals surface area (Å²) in [6.45, 7) is 0.103. The van der Waals surface area contributed by atoms with E-state index in [1.807, 2.05) is 30.3 Å². The van der Waals surface area contributed by atoms with E-state index in [0.29, 0.717) is 6.42 Å². The van der Waals surface area contributed by atoms with Crippen LogP contribution in [0.1, 0.15) is 12.0 Å². The molecular weight excluding hydrogens is 302 g/mol. The fourth-order valence-corrected chi connectivity index (χ4v) is 4.31. The molecule has 0 amide bonds. The van der Waals surface area contributed by atoms with Gasteiger partial charge in [0.1, 0.15) is 0 Å². The second-order valence-corrected chi connectivity index (χ2v) is 8.46. The Balaban J connectivity index is 2.12. The molecule has 112 valence electrons. The quantitative estimate of drug-likeness (QED) is 0.741. The summed E-state index contributed by atoms with van der Waals surface area (Å²) in [5, 5.41) is 0. The van der Waals surface area contributed by atoms with E-state index in [2.05, 4.69) is 0 Å². The number of nitrogens with zero attached hydrogens (tertiary/aromatic N) is 1. The summed E-state index contributed by atoms with van der Waals surface area (Å²) in [7, 11) is -6.91. The van der Waals surface area contributed by atoms with E-state index in [1.165, 1.54) is 4.31 Å². The molecule has 1 aliphatic heterocycles. The van der Waals surface area contributed by atoms with Crippen LogP contribution in [0.3, 0.4) is 0 Å². The molecule has 0 bridgehead atoms. The van der Waals surface area contributed by atoms with Crippen molar-refractivity contribution in [2.24, 2.45) is 0 Å². The van der Waals surface area contributed by atoms with Crippen molar-refractivity contribution in [1.82, 2.24) is 4.31 Å². The van der Waals surface area contributed by atoms with E-state index in [1.54, 1.807) is 0 Å². The lowest BCUT2D eigenvalue weighted by Gasteiger charge is -2.22. The van der Waals surface area contributed by atoms with E-state index in [4.69, 9.17) is 4.18 Å². The summed E-state index contributed by atoms with van der Waals surface area (Å²) >= 11 is 0. The summed E-state index contributed by atoms with van der Waals surface area (Å²) in [6, 6.07) is 8.76. The van der Waals surface area contributed by atoms with Gasteiger partial charge < -0.3 is 0 Å². The van der Waals surface area contributed by atoms with Gasteiger partial charge in [-0.3, -0.25) is 4.18 Å². The number of hydrogen-bond acceptors (Lipinski definition) is 5. The van der Waals surface area contributed by atoms with E-state index in [0.717, 1.165) is 11.8 Å². The molecule has 1 saturated heterocycles. The van der Waals surface area contributed by atoms with Crippen LogP contribution in [0, 0.1) is 0 Å². The van der Waals surface area contributed by atoms with Crippen molar-refractivity contribution in [3.63, 3.8) is 0 Å². The summed E-state index contributed by atoms with van der Waals surface area (Å²) in [6.07, 6.45) is 1.34. The number of hydrogen-bond donors (Lipinski definition) is 0. The first-order valence-electron chi connectivity index (χ1n) is 6.16. The van der Waals surface area contributed by atoms with Gasteiger partial charge in [-0.1, -0.05) is 30.3 Å². The molecule has 0 saturated carbocycles. The lowest BCUT2D eigenvalue weighted by Crippen LogP contribution is -2.36. The Kier molecular flexibility index (Phi) is 4.48. The highest BCUT2D eigenvalue weighted by molar-refractivity contribution is 7.89. The second-order valence-electron chi connectivity index (χ2n) is 4.78. The molecule has 1 aromatic carbocycles. The van der Waals surface area contributed by atoms with Crippen LogP contribution in [0.25, 0.3) is 0 Å². The normalized spacial score (nSPS) is 22.9. The predicted molar refractivity (Wildman–Crippen MR) is 75.0 cm³/mol. The van der Waals surface area contributed by atoms with Crippen molar-refractivity contribution >= 4 is 20.1 Å². The SMILES string of the molecule is CS(=O)(=O)OCC1CCS(=O)(=O)N1Cc1ccccc1. The lowest BCUT2D eigenvalue weighted by atomic mass is 10.2. The molecule has 1 unspecified atom stereocenters. The zero-order valence-corrected chi connectivity index (χ0v) is 12.7. The van der Waals surface area contributed by atoms with Gasteiger partial charge in [0.05, 0.1) is 24.7 Å². The maximum absolute atomic E-state index is 12.0. The van der Waals surface area contributed by atoms with Gasteiger partial charge in [-0.15, -0.1) is 0 Å². The van der Waals surface area contributed by atoms with Crippen LogP contribution >= 0.6 is 0 Å². The molecule has 1 fully saturated rings. The maximum atomic E-state index is 12.0. The smallest absolute Gasteiger partial charge is 0.264 e. The zero-order chi connectivity index (χ0) is 14.8. The fraction of sp³-hybridized carbons (Fsp3) is 0.500. The predicted octanol–water partition coefficient (Wildman–Crippen LogP) is 0.567. The zero-order valence-electron chi connectivity index (χ0n) is 11.1. The first-order chi connectivity index (χ1) is 9.28. The van der Waals surface area contributed by atoms with E-state index < -0.39 is 26.2 Å². The third-order valence-corrected chi connectivity index (χ3v) is 5.59. The molecule has 0 aliphatic carbocycles. The molecular formula is C12H17NO5S2. The molecule has 0 aromatic heterocycles. The Morgan fingerprint density at radius 3 is 2.55 bits per heavy atom. The second kappa shape index (κ2) is 5.80. The molecule has 1 atom stereocenters. The Labute approximate surface area is 119 Å². The van der Waals surface area contributed by atoms with Crippen LogP contribution in [0.2, 0.25) is 0 Å². The average Bonchev–Trinajstić information content (AvgIpc) is 2.63. The number of sulfonamides is 1. The minimum atomic E-state index is -3.57. The first-order valence-corrected chi connectivity index (χ1v) is 9.58. The van der Waals surface area contributed by atoms with Gasteiger partial charge >= 0.3 is 0 Å². The highest BCUT2D eigenvalue weighted by Gasteiger charge is 2.37. The van der Waals surface area contributed by atoms with Crippen molar-refractivity contribution in [3.05, 3.63) is 35.9 Å². The molecule has 2 rings (SSSR count). The minimum Gasteiger partial charge on any atom is -0.269 e. The monoisotopic (exact) mass is 319 g/mol. The summed E-state index contributed by atoms with van der Waals surface area (Å²) in [5.41, 5.74) is 0.863. The van der Waals surface area contributed by atoms with Gasteiger partial charge in [-0.2, -0.15) is 12.7 Å². The summed E-state index contributed by atoms with van der Waals surface area (Å²) in [4.78, 5) is 0. The molecule has 0 radical (unpaired) electrons. The standard InChI is InChI=1S/C12H17NO5S2/c1-19(14,15)18-10-12-7-8-20(16,17)13(12)9-11-5-3-2-4-6-11/h2-6,12H,7-10H2,1H3. The van der Waals surface area contributed by atoms with Gasteiger partial charge in [0.25, 0.3) is 10.1 Å². The van der Waals surface area contributed by atoms with Crippen LogP contribution in [0.4, 0.5) is 0 Å². The van der Waals surface area contributed by atoms with Crippen LogP contribution in [-0.2, 0) is 30.9 Å². The molecule has 20 heavy (non-hydrogen) atoms. The molecule has 1 aliphatic rings. The van der Waals surface area contributed by atoms with Gasteiger partial charge in [-0.25, -0.2) is 8.42 Å². The topological polar surface area (TPSA) is 80.8 Å². The van der Waals surface area contributed by atoms with E-state index in [9.17, 15) is 16.8 Å². The molecule has 0 spiro atoms. The van der Waals surface area contributed by atoms with Crippen molar-refractivity contribution in [1.29, 1.82) is 0 Å². The number of benzene rings is 1. The Morgan fingerprint density at radius 1 is 1.30 bits per heavy atom. The minimum absolute atomic E-state index is 0.0254. The van der Waals surface area contributed by atoms with Crippen LogP contribution in [-0.4, -0.2) is 45.8 Å². The third-order valence-electron chi connectivity index (χ3n) is 3.13. The Morgan fingerprint density at radius 2 is 1.95 bits per heavy atom. The van der Waals surface area contributed by atoms with Crippen LogP contribution in [0.5, 0.6) is 0 Å². The summed E-state index contributed by atoms with van der Waals surface area (Å²) in [5.74, 6) is 0.0254. The van der Waals surface area contributed by atoms with Crippen molar-refractivity contribution in [2.75, 3.05) is 18.6 Å². The molecule has 8 heteroatoms. The van der Waals surface area contributed by atoms with Crippen molar-refractivity contribution in [2.45, 2.75) is 19.0 Å². The highest BCUT2D eigenvalue weighted by atomic mass is 32.2. The molecule has 1 aromatic rings. The van der Waals surface area contributed by atoms with E-state index in [-0.39, 0.29) is 18.9 Å². The molecule has 0 N–H and O–H groups in total. The largest absolute Gasteiger partial charge is 0.269 e. The molecule has 6 nitrogen and oxygen atoms in total. The fourth-order valence-electron chi connectivity index (χ4n) is 2.13. The molecule has 1 heterocycles. The summed E-state index contributed by atoms with van der Waals surface area (Å²) < 4.78 is 52.2. The number of rotatable bonds is 5. The van der Waals surface area contributed by atoms with Crippen molar-refractivity contribution < 1.29 is 21.0 Å². The lowest BCUT2D eigenvalue weighted by molar-refractivity contribution is 0.216.